The quantitative estimate of drug-likeness (QED) is 0.679. The summed E-state index contributed by atoms with van der Waals surface area (Å²) in [6.07, 6.45) is 4.77. The lowest BCUT2D eigenvalue weighted by atomic mass is 10.0. The molecule has 0 radical (unpaired) electrons. The number of fused-ring (bicyclic) bond motifs is 1. The normalized spacial score (nSPS) is 18.4. The molecule has 1 saturated heterocycles. The van der Waals surface area contributed by atoms with Gasteiger partial charge >= 0.3 is 5.69 Å². The Morgan fingerprint density at radius 2 is 1.93 bits per heavy atom. The first-order chi connectivity index (χ1) is 13.0. The molecule has 0 amide bonds. The summed E-state index contributed by atoms with van der Waals surface area (Å²) in [5, 5.41) is 0. The van der Waals surface area contributed by atoms with Crippen molar-refractivity contribution in [2.75, 3.05) is 19.8 Å². The van der Waals surface area contributed by atoms with Crippen LogP contribution in [0.3, 0.4) is 0 Å². The van der Waals surface area contributed by atoms with Crippen molar-refractivity contribution in [2.45, 2.75) is 58.7 Å². The van der Waals surface area contributed by atoms with Crippen molar-refractivity contribution in [1.82, 2.24) is 23.6 Å². The number of hydrogen-bond donors (Lipinski definition) is 0. The number of aryl methyl sites for hydroxylation is 1. The molecule has 1 atom stereocenters. The van der Waals surface area contributed by atoms with Gasteiger partial charge in [-0.05, 0) is 32.7 Å². The van der Waals surface area contributed by atoms with Gasteiger partial charge in [-0.25, -0.2) is 9.78 Å². The lowest BCUT2D eigenvalue weighted by molar-refractivity contribution is 0.124. The third-order valence-electron chi connectivity index (χ3n) is 5.66. The zero-order chi connectivity index (χ0) is 19.6. The summed E-state index contributed by atoms with van der Waals surface area (Å²) in [6.45, 7) is 7.61. The van der Waals surface area contributed by atoms with Gasteiger partial charge in [-0.3, -0.25) is 18.8 Å². The van der Waals surface area contributed by atoms with E-state index in [0.717, 1.165) is 23.4 Å². The maximum atomic E-state index is 12.8. The second-order valence-electron chi connectivity index (χ2n) is 7.28. The van der Waals surface area contributed by atoms with Crippen LogP contribution in [0.1, 0.15) is 45.4 Å². The number of likely N-dealkylation sites (tertiary alicyclic amines) is 1. The van der Waals surface area contributed by atoms with Gasteiger partial charge in [0.1, 0.15) is 5.82 Å². The highest BCUT2D eigenvalue weighted by Crippen LogP contribution is 2.22. The Balaban J connectivity index is 2.08. The van der Waals surface area contributed by atoms with Gasteiger partial charge < -0.3 is 9.30 Å². The molecule has 1 fully saturated rings. The van der Waals surface area contributed by atoms with Gasteiger partial charge in [-0.2, -0.15) is 0 Å². The van der Waals surface area contributed by atoms with Crippen molar-refractivity contribution < 1.29 is 4.74 Å². The van der Waals surface area contributed by atoms with Gasteiger partial charge in [0.15, 0.2) is 11.2 Å². The monoisotopic (exact) mass is 377 g/mol. The predicted molar refractivity (Wildman–Crippen MR) is 105 cm³/mol. The second-order valence-corrected chi connectivity index (χ2v) is 7.28. The molecule has 0 saturated carbocycles. The molecular formula is C19H31N5O3. The van der Waals surface area contributed by atoms with Gasteiger partial charge in [0.05, 0.1) is 13.2 Å². The lowest BCUT2D eigenvalue weighted by Gasteiger charge is -2.34. The minimum Gasteiger partial charge on any atom is -0.380 e. The highest BCUT2D eigenvalue weighted by atomic mass is 16.5. The fourth-order valence-corrected chi connectivity index (χ4v) is 4.07. The van der Waals surface area contributed by atoms with Crippen LogP contribution < -0.4 is 11.2 Å². The molecule has 0 N–H and O–H groups in total. The van der Waals surface area contributed by atoms with E-state index >= 15 is 0 Å². The Kier molecular flexibility index (Phi) is 6.16. The largest absolute Gasteiger partial charge is 0.380 e. The Bertz CT molecular complexity index is 911. The molecule has 0 aliphatic carbocycles. The van der Waals surface area contributed by atoms with E-state index < -0.39 is 0 Å². The first-order valence-corrected chi connectivity index (χ1v) is 9.96. The topological polar surface area (TPSA) is 74.3 Å². The van der Waals surface area contributed by atoms with E-state index in [1.54, 1.807) is 7.05 Å². The Labute approximate surface area is 159 Å². The molecule has 0 spiro atoms. The number of imidazole rings is 1. The van der Waals surface area contributed by atoms with Crippen molar-refractivity contribution in [3.8, 4) is 0 Å². The molecular weight excluding hydrogens is 346 g/mol. The first kappa shape index (κ1) is 19.8. The SMILES string of the molecule is CCOCCn1c(CN2CCCC[C@@H]2CC)nc2c1c(=O)n(C)c(=O)n2C. The number of hydrogen-bond acceptors (Lipinski definition) is 5. The fourth-order valence-electron chi connectivity index (χ4n) is 4.07. The molecule has 1 aliphatic heterocycles. The maximum absolute atomic E-state index is 12.8. The highest BCUT2D eigenvalue weighted by molar-refractivity contribution is 5.71. The van der Waals surface area contributed by atoms with Crippen molar-refractivity contribution in [3.63, 3.8) is 0 Å². The van der Waals surface area contributed by atoms with Crippen molar-refractivity contribution in [1.29, 1.82) is 0 Å². The number of ether oxygens (including phenoxy) is 1. The zero-order valence-electron chi connectivity index (χ0n) is 16.9. The molecule has 8 nitrogen and oxygen atoms in total. The molecule has 150 valence electrons. The number of aromatic nitrogens is 4. The molecule has 2 aromatic rings. The van der Waals surface area contributed by atoms with Crippen molar-refractivity contribution in [2.24, 2.45) is 14.1 Å². The standard InChI is InChI=1S/C19H31N5O3/c1-5-14-9-7-8-10-23(14)13-15-20-17-16(24(15)11-12-27-6-2)18(25)22(4)19(26)21(17)3/h14H,5-13H2,1-4H3/t14-/m0/s1. The van der Waals surface area contributed by atoms with Crippen LogP contribution in [-0.4, -0.2) is 49.4 Å². The molecule has 0 unspecified atom stereocenters. The molecule has 3 rings (SSSR count). The summed E-state index contributed by atoms with van der Waals surface area (Å²) in [7, 11) is 3.19. The smallest absolute Gasteiger partial charge is 0.332 e. The van der Waals surface area contributed by atoms with Crippen LogP contribution in [0.4, 0.5) is 0 Å². The fraction of sp³-hybridized carbons (Fsp3) is 0.737. The average molecular weight is 377 g/mol. The summed E-state index contributed by atoms with van der Waals surface area (Å²) in [5.41, 5.74) is 0.297. The van der Waals surface area contributed by atoms with Gasteiger partial charge in [-0.15, -0.1) is 0 Å². The first-order valence-electron chi connectivity index (χ1n) is 9.96. The number of rotatable bonds is 7. The van der Waals surface area contributed by atoms with Crippen LogP contribution in [0.15, 0.2) is 9.59 Å². The van der Waals surface area contributed by atoms with Crippen LogP contribution in [0.2, 0.25) is 0 Å². The van der Waals surface area contributed by atoms with E-state index in [1.165, 1.54) is 30.9 Å². The molecule has 27 heavy (non-hydrogen) atoms. The zero-order valence-corrected chi connectivity index (χ0v) is 16.9. The Morgan fingerprint density at radius 3 is 2.63 bits per heavy atom. The summed E-state index contributed by atoms with van der Waals surface area (Å²) < 4.78 is 10.1. The van der Waals surface area contributed by atoms with Crippen LogP contribution in [0.5, 0.6) is 0 Å². The molecule has 2 aromatic heterocycles. The Morgan fingerprint density at radius 1 is 1.15 bits per heavy atom. The molecule has 0 bridgehead atoms. The summed E-state index contributed by atoms with van der Waals surface area (Å²) in [4.78, 5) is 32.3. The van der Waals surface area contributed by atoms with Crippen molar-refractivity contribution in [3.05, 3.63) is 26.7 Å². The van der Waals surface area contributed by atoms with Gasteiger partial charge in [0.2, 0.25) is 0 Å². The highest BCUT2D eigenvalue weighted by Gasteiger charge is 2.25. The van der Waals surface area contributed by atoms with Gasteiger partial charge in [0.25, 0.3) is 5.56 Å². The maximum Gasteiger partial charge on any atom is 0.332 e. The van der Waals surface area contributed by atoms with Gasteiger partial charge in [-0.1, -0.05) is 13.3 Å². The lowest BCUT2D eigenvalue weighted by Crippen LogP contribution is -2.39. The van der Waals surface area contributed by atoms with E-state index in [9.17, 15) is 9.59 Å². The third kappa shape index (κ3) is 3.73. The summed E-state index contributed by atoms with van der Waals surface area (Å²) in [6, 6.07) is 0.547. The van der Waals surface area contributed by atoms with E-state index in [-0.39, 0.29) is 11.2 Å². The van der Waals surface area contributed by atoms with Crippen LogP contribution >= 0.6 is 0 Å². The van der Waals surface area contributed by atoms with E-state index in [2.05, 4.69) is 11.8 Å². The van der Waals surface area contributed by atoms with E-state index in [0.29, 0.717) is 43.5 Å². The molecule has 1 aliphatic rings. The predicted octanol–water partition coefficient (Wildman–Crippen LogP) is 1.23. The summed E-state index contributed by atoms with van der Waals surface area (Å²) >= 11 is 0. The van der Waals surface area contributed by atoms with E-state index in [4.69, 9.17) is 9.72 Å². The van der Waals surface area contributed by atoms with Gasteiger partial charge in [0, 0.05) is 33.3 Å². The van der Waals surface area contributed by atoms with Crippen molar-refractivity contribution >= 4 is 11.2 Å². The number of piperidine rings is 1. The minimum absolute atomic E-state index is 0.297. The van der Waals surface area contributed by atoms with Crippen LogP contribution in [-0.2, 0) is 31.9 Å². The number of nitrogens with zero attached hydrogens (tertiary/aromatic N) is 5. The second kappa shape index (κ2) is 8.39. The molecule has 3 heterocycles. The summed E-state index contributed by atoms with van der Waals surface area (Å²) in [5.74, 6) is 0.836. The van der Waals surface area contributed by atoms with Crippen LogP contribution in [0.25, 0.3) is 11.2 Å². The molecule has 0 aromatic carbocycles. The minimum atomic E-state index is -0.349. The molecule has 8 heteroatoms. The van der Waals surface area contributed by atoms with E-state index in [1.807, 2.05) is 11.5 Å². The third-order valence-corrected chi connectivity index (χ3v) is 5.66. The van der Waals surface area contributed by atoms with Crippen LogP contribution in [0, 0.1) is 0 Å². The Hall–Kier alpha value is -1.93. The average Bonchev–Trinajstić information content (AvgIpc) is 3.03.